The number of allylic oxidation sites excluding steroid dienone is 14. The molecule has 1 aliphatic rings. The highest BCUT2D eigenvalue weighted by atomic mass is 16.7. The van der Waals surface area contributed by atoms with Gasteiger partial charge in [0.15, 0.2) is 6.29 Å². The third kappa shape index (κ3) is 37.2. The summed E-state index contributed by atoms with van der Waals surface area (Å²) in [5, 5.41) is 54.6. The number of aliphatic hydroxyl groups excluding tert-OH is 5. The summed E-state index contributed by atoms with van der Waals surface area (Å²) in [4.78, 5) is 13.0. The third-order valence-corrected chi connectivity index (χ3v) is 12.8. The van der Waals surface area contributed by atoms with E-state index < -0.39 is 49.5 Å². The molecule has 9 nitrogen and oxygen atoms in total. The fraction of sp³-hybridized carbons (Fsp3) is 0.746. The molecular weight excluding hydrogens is 851 g/mol. The van der Waals surface area contributed by atoms with E-state index in [-0.39, 0.29) is 18.9 Å². The number of rotatable bonds is 46. The minimum absolute atomic E-state index is 0.166. The van der Waals surface area contributed by atoms with Gasteiger partial charge < -0.3 is 40.3 Å². The molecule has 1 heterocycles. The molecule has 1 aliphatic heterocycles. The van der Waals surface area contributed by atoms with Gasteiger partial charge in [-0.2, -0.15) is 0 Å². The van der Waals surface area contributed by atoms with Gasteiger partial charge in [0.2, 0.25) is 5.91 Å². The van der Waals surface area contributed by atoms with Gasteiger partial charge in [-0.1, -0.05) is 240 Å². The van der Waals surface area contributed by atoms with E-state index in [1.54, 1.807) is 0 Å². The zero-order chi connectivity index (χ0) is 49.4. The van der Waals surface area contributed by atoms with Gasteiger partial charge in [0.25, 0.3) is 0 Å². The van der Waals surface area contributed by atoms with E-state index in [1.165, 1.54) is 122 Å². The standard InChI is InChI=1S/C59H103NO8/c1-3-5-7-9-11-13-15-17-19-21-23-25-27-29-31-33-35-37-39-41-43-45-47-49-55(63)60-52(51-67-59-58(66)57(65)56(64)54(50-61)68-59)53(62)48-46-44-42-40-38-36-34-32-30-28-26-24-22-20-18-16-14-12-10-8-6-4-2/h5,7,11,13,17,19,23,25,29,31,35,37,41,43,52-54,56-59,61-62,64-66H,3-4,6,8-10,12,14-16,18,20-22,24,26-28,30,32-34,36,38-40,42,44-51H2,1-2H3,(H,60,63)/b7-5-,13-11-,19-17-,25-23-,31-29-,37-35-,43-41-. The normalized spacial score (nSPS) is 20.2. The molecule has 1 amide bonds. The van der Waals surface area contributed by atoms with Crippen LogP contribution in [0.5, 0.6) is 0 Å². The van der Waals surface area contributed by atoms with Crippen molar-refractivity contribution in [3.63, 3.8) is 0 Å². The number of carbonyl (C=O) groups is 1. The molecule has 0 radical (unpaired) electrons. The van der Waals surface area contributed by atoms with E-state index in [4.69, 9.17) is 9.47 Å². The van der Waals surface area contributed by atoms with E-state index in [1.807, 2.05) is 0 Å². The SMILES string of the molecule is CC/C=C\C/C=C\C/C=C\C/C=C\C/C=C\C/C=C\C/C=C\CCCC(=O)NC(COC1OC(CO)C(O)C(O)C1O)C(O)CCCCCCCCCCCCCCCCCCCCCCCC. The molecule has 9 heteroatoms. The molecule has 0 aromatic rings. The molecule has 392 valence electrons. The lowest BCUT2D eigenvalue weighted by molar-refractivity contribution is -0.302. The van der Waals surface area contributed by atoms with E-state index in [9.17, 15) is 30.3 Å². The van der Waals surface area contributed by atoms with Crippen LogP contribution in [0, 0.1) is 0 Å². The molecule has 7 unspecified atom stereocenters. The highest BCUT2D eigenvalue weighted by molar-refractivity contribution is 5.76. The van der Waals surface area contributed by atoms with Gasteiger partial charge in [0.05, 0.1) is 25.4 Å². The number of hydrogen-bond donors (Lipinski definition) is 6. The Bertz CT molecular complexity index is 1340. The van der Waals surface area contributed by atoms with E-state index in [2.05, 4.69) is 104 Å². The van der Waals surface area contributed by atoms with Gasteiger partial charge in [0.1, 0.15) is 24.4 Å². The molecule has 0 aromatic heterocycles. The van der Waals surface area contributed by atoms with Crippen LogP contribution in [0.3, 0.4) is 0 Å². The summed E-state index contributed by atoms with van der Waals surface area (Å²) in [6.07, 6.45) is 60.3. The van der Waals surface area contributed by atoms with Crippen LogP contribution in [0.25, 0.3) is 0 Å². The largest absolute Gasteiger partial charge is 0.394 e. The number of carbonyl (C=O) groups excluding carboxylic acids is 1. The van der Waals surface area contributed by atoms with E-state index in [0.29, 0.717) is 12.8 Å². The van der Waals surface area contributed by atoms with Crippen LogP contribution in [0.2, 0.25) is 0 Å². The Kier molecular flexibility index (Phi) is 44.8. The summed E-state index contributed by atoms with van der Waals surface area (Å²) in [6.45, 7) is 3.70. The zero-order valence-corrected chi connectivity index (χ0v) is 43.3. The Morgan fingerprint density at radius 3 is 1.29 bits per heavy atom. The van der Waals surface area contributed by atoms with Crippen LogP contribution in [0.15, 0.2) is 85.1 Å². The first kappa shape index (κ1) is 63.4. The molecule has 68 heavy (non-hydrogen) atoms. The first-order chi connectivity index (χ1) is 33.3. The van der Waals surface area contributed by atoms with Crippen LogP contribution < -0.4 is 5.32 Å². The summed E-state index contributed by atoms with van der Waals surface area (Å²) in [5.41, 5.74) is 0. The van der Waals surface area contributed by atoms with Crippen LogP contribution in [0.4, 0.5) is 0 Å². The monoisotopic (exact) mass is 954 g/mol. The average molecular weight is 954 g/mol. The molecule has 0 bridgehead atoms. The fourth-order valence-corrected chi connectivity index (χ4v) is 8.39. The maximum absolute atomic E-state index is 13.0. The number of aliphatic hydroxyl groups is 5. The molecule has 0 saturated carbocycles. The molecule has 0 aliphatic carbocycles. The highest BCUT2D eigenvalue weighted by Crippen LogP contribution is 2.23. The summed E-state index contributed by atoms with van der Waals surface area (Å²) in [7, 11) is 0. The minimum atomic E-state index is -1.57. The predicted octanol–water partition coefficient (Wildman–Crippen LogP) is 13.5. The molecule has 0 spiro atoms. The van der Waals surface area contributed by atoms with Crippen molar-refractivity contribution < 1.29 is 39.8 Å². The Morgan fingerprint density at radius 1 is 0.515 bits per heavy atom. The Morgan fingerprint density at radius 2 is 0.897 bits per heavy atom. The molecule has 1 fully saturated rings. The quantitative estimate of drug-likeness (QED) is 0.0261. The van der Waals surface area contributed by atoms with Crippen LogP contribution in [-0.4, -0.2) is 87.5 Å². The van der Waals surface area contributed by atoms with Crippen LogP contribution in [0.1, 0.15) is 226 Å². The van der Waals surface area contributed by atoms with Crippen LogP contribution in [-0.2, 0) is 14.3 Å². The van der Waals surface area contributed by atoms with Crippen molar-refractivity contribution in [2.24, 2.45) is 0 Å². The number of hydrogen-bond acceptors (Lipinski definition) is 8. The van der Waals surface area contributed by atoms with Gasteiger partial charge in [-0.25, -0.2) is 0 Å². The highest BCUT2D eigenvalue weighted by Gasteiger charge is 2.44. The second-order valence-electron chi connectivity index (χ2n) is 19.0. The van der Waals surface area contributed by atoms with Crippen molar-refractivity contribution in [2.75, 3.05) is 13.2 Å². The van der Waals surface area contributed by atoms with E-state index >= 15 is 0 Å². The van der Waals surface area contributed by atoms with Crippen molar-refractivity contribution >= 4 is 5.91 Å². The van der Waals surface area contributed by atoms with Gasteiger partial charge in [0, 0.05) is 6.42 Å². The van der Waals surface area contributed by atoms with Crippen molar-refractivity contribution in [3.05, 3.63) is 85.1 Å². The van der Waals surface area contributed by atoms with Gasteiger partial charge >= 0.3 is 0 Å². The first-order valence-corrected chi connectivity index (χ1v) is 27.8. The summed E-state index contributed by atoms with van der Waals surface area (Å²) >= 11 is 0. The fourth-order valence-electron chi connectivity index (χ4n) is 8.39. The topological polar surface area (TPSA) is 149 Å². The molecule has 1 saturated heterocycles. The summed E-state index contributed by atoms with van der Waals surface area (Å²) < 4.78 is 11.3. The molecular formula is C59H103NO8. The van der Waals surface area contributed by atoms with Crippen molar-refractivity contribution in [1.82, 2.24) is 5.32 Å². The maximum Gasteiger partial charge on any atom is 0.220 e. The third-order valence-electron chi connectivity index (χ3n) is 12.8. The number of amides is 1. The average Bonchev–Trinajstić information content (AvgIpc) is 3.34. The van der Waals surface area contributed by atoms with Gasteiger partial charge in [-0.05, 0) is 64.2 Å². The molecule has 1 rings (SSSR count). The Hall–Kier alpha value is -2.63. The van der Waals surface area contributed by atoms with Gasteiger partial charge in [-0.15, -0.1) is 0 Å². The molecule has 7 atom stereocenters. The summed E-state index contributed by atoms with van der Waals surface area (Å²) in [5.74, 6) is -0.203. The number of ether oxygens (including phenoxy) is 2. The summed E-state index contributed by atoms with van der Waals surface area (Å²) in [6, 6.07) is -0.756. The smallest absolute Gasteiger partial charge is 0.220 e. The minimum Gasteiger partial charge on any atom is -0.394 e. The second kappa shape index (κ2) is 48.0. The maximum atomic E-state index is 13.0. The zero-order valence-electron chi connectivity index (χ0n) is 43.3. The second-order valence-corrected chi connectivity index (χ2v) is 19.0. The lowest BCUT2D eigenvalue weighted by Crippen LogP contribution is -2.60. The molecule has 6 N–H and O–H groups in total. The van der Waals surface area contributed by atoms with Crippen LogP contribution >= 0.6 is 0 Å². The number of unbranched alkanes of at least 4 members (excludes halogenated alkanes) is 22. The van der Waals surface area contributed by atoms with Crippen molar-refractivity contribution in [1.29, 1.82) is 0 Å². The lowest BCUT2D eigenvalue weighted by atomic mass is 9.99. The lowest BCUT2D eigenvalue weighted by Gasteiger charge is -2.40. The number of nitrogens with one attached hydrogen (secondary N) is 1. The first-order valence-electron chi connectivity index (χ1n) is 27.8. The predicted molar refractivity (Wildman–Crippen MR) is 285 cm³/mol. The van der Waals surface area contributed by atoms with Crippen molar-refractivity contribution in [3.8, 4) is 0 Å². The van der Waals surface area contributed by atoms with Gasteiger partial charge in [-0.3, -0.25) is 4.79 Å². The molecule has 0 aromatic carbocycles. The van der Waals surface area contributed by atoms with Crippen molar-refractivity contribution in [2.45, 2.75) is 269 Å². The Labute approximate surface area is 416 Å². The Balaban J connectivity index is 2.30. The van der Waals surface area contributed by atoms with E-state index in [0.717, 1.165) is 70.6 Å².